The molecule has 3 aromatic rings. The minimum Gasteiger partial charge on any atom is -0.382 e. The molecule has 2 aromatic carbocycles. The third kappa shape index (κ3) is 5.28. The zero-order valence-electron chi connectivity index (χ0n) is 16.1. The third-order valence-electron chi connectivity index (χ3n) is 4.18. The molecule has 146 valence electrons. The molecule has 0 aliphatic rings. The summed E-state index contributed by atoms with van der Waals surface area (Å²) in [5.41, 5.74) is 1.49. The summed E-state index contributed by atoms with van der Waals surface area (Å²) in [5.74, 6) is -0.0740. The summed E-state index contributed by atoms with van der Waals surface area (Å²) >= 11 is 3.29. The van der Waals surface area contributed by atoms with Crippen molar-refractivity contribution in [3.8, 4) is 0 Å². The topological polar surface area (TPSA) is 51.2 Å². The maximum absolute atomic E-state index is 12.8. The molecule has 4 nitrogen and oxygen atoms in total. The van der Waals surface area contributed by atoms with E-state index in [1.165, 1.54) is 4.90 Å². The predicted octanol–water partition coefficient (Wildman–Crippen LogP) is 5.26. The molecule has 28 heavy (non-hydrogen) atoms. The standard InChI is InChI=1S/C22H24N2O2S2/c1-3-26-14-8-13-23-22(25)17-15-21(24-18-10-5-4-9-16(17)18)28-20-12-7-6-11-19(20)27-2/h4-7,9-12,15H,3,8,13-14H2,1-2H3,(H,23,25). The van der Waals surface area contributed by atoms with Crippen molar-refractivity contribution in [1.29, 1.82) is 0 Å². The fourth-order valence-electron chi connectivity index (χ4n) is 2.82. The number of fused-ring (bicyclic) bond motifs is 1. The molecule has 0 atom stereocenters. The number of benzene rings is 2. The fourth-order valence-corrected chi connectivity index (χ4v) is 4.54. The summed E-state index contributed by atoms with van der Waals surface area (Å²) in [6, 6.07) is 17.9. The van der Waals surface area contributed by atoms with Gasteiger partial charge in [-0.3, -0.25) is 4.79 Å². The van der Waals surface area contributed by atoms with Gasteiger partial charge < -0.3 is 10.1 Å². The number of amides is 1. The maximum atomic E-state index is 12.8. The van der Waals surface area contributed by atoms with E-state index in [-0.39, 0.29) is 5.91 Å². The van der Waals surface area contributed by atoms with Crippen LogP contribution in [0.4, 0.5) is 0 Å². The molecule has 0 saturated carbocycles. The Kier molecular flexibility index (Phi) is 7.77. The monoisotopic (exact) mass is 412 g/mol. The number of rotatable bonds is 9. The van der Waals surface area contributed by atoms with Gasteiger partial charge in [-0.15, -0.1) is 11.8 Å². The van der Waals surface area contributed by atoms with Crippen LogP contribution in [-0.2, 0) is 4.74 Å². The average molecular weight is 413 g/mol. The Morgan fingerprint density at radius 3 is 2.64 bits per heavy atom. The molecular formula is C22H24N2O2S2. The van der Waals surface area contributed by atoms with Crippen LogP contribution in [0.3, 0.4) is 0 Å². The number of ether oxygens (including phenoxy) is 1. The Labute approximate surface area is 174 Å². The molecule has 0 bridgehead atoms. The van der Waals surface area contributed by atoms with Crippen LogP contribution in [0.2, 0.25) is 0 Å². The number of carbonyl (C=O) groups is 1. The van der Waals surface area contributed by atoms with Crippen LogP contribution in [0.25, 0.3) is 10.9 Å². The lowest BCUT2D eigenvalue weighted by Crippen LogP contribution is -2.25. The second kappa shape index (κ2) is 10.5. The Bertz CT molecular complexity index is 947. The minimum atomic E-state index is -0.0740. The summed E-state index contributed by atoms with van der Waals surface area (Å²) in [6.45, 7) is 3.91. The van der Waals surface area contributed by atoms with E-state index in [1.54, 1.807) is 23.5 Å². The van der Waals surface area contributed by atoms with Crippen molar-refractivity contribution in [1.82, 2.24) is 10.3 Å². The highest BCUT2D eigenvalue weighted by molar-refractivity contribution is 8.02. The fraction of sp³-hybridized carbons (Fsp3) is 0.273. The summed E-state index contributed by atoms with van der Waals surface area (Å²) in [4.78, 5) is 19.9. The van der Waals surface area contributed by atoms with Gasteiger partial charge in [0.1, 0.15) is 5.03 Å². The van der Waals surface area contributed by atoms with Crippen molar-refractivity contribution in [2.45, 2.75) is 28.2 Å². The molecule has 6 heteroatoms. The molecule has 0 saturated heterocycles. The number of aromatic nitrogens is 1. The minimum absolute atomic E-state index is 0.0740. The number of hydrogen-bond acceptors (Lipinski definition) is 5. The molecule has 1 heterocycles. The molecule has 0 unspecified atom stereocenters. The zero-order valence-corrected chi connectivity index (χ0v) is 17.7. The summed E-state index contributed by atoms with van der Waals surface area (Å²) in [6.07, 6.45) is 2.86. The first-order chi connectivity index (χ1) is 13.7. The van der Waals surface area contributed by atoms with E-state index in [9.17, 15) is 4.79 Å². The highest BCUT2D eigenvalue weighted by Gasteiger charge is 2.14. The molecule has 1 aromatic heterocycles. The van der Waals surface area contributed by atoms with E-state index in [0.29, 0.717) is 25.3 Å². The van der Waals surface area contributed by atoms with Gasteiger partial charge in [-0.25, -0.2) is 4.98 Å². The normalized spacial score (nSPS) is 10.9. The third-order valence-corrected chi connectivity index (χ3v) is 6.10. The highest BCUT2D eigenvalue weighted by Crippen LogP contribution is 2.35. The SMILES string of the molecule is CCOCCCNC(=O)c1cc(Sc2ccccc2SC)nc2ccccc12. The predicted molar refractivity (Wildman–Crippen MR) is 118 cm³/mol. The summed E-state index contributed by atoms with van der Waals surface area (Å²) in [5, 5.41) is 4.69. The Morgan fingerprint density at radius 2 is 1.86 bits per heavy atom. The molecule has 0 radical (unpaired) electrons. The molecule has 0 aliphatic carbocycles. The van der Waals surface area contributed by atoms with Crippen LogP contribution in [0.15, 0.2) is 69.4 Å². The Balaban J connectivity index is 1.86. The van der Waals surface area contributed by atoms with Gasteiger partial charge in [0.05, 0.1) is 11.1 Å². The first-order valence-electron chi connectivity index (χ1n) is 9.29. The van der Waals surface area contributed by atoms with Crippen LogP contribution >= 0.6 is 23.5 Å². The maximum Gasteiger partial charge on any atom is 0.252 e. The number of para-hydroxylation sites is 1. The lowest BCUT2D eigenvalue weighted by atomic mass is 10.1. The number of nitrogens with zero attached hydrogens (tertiary/aromatic N) is 1. The van der Waals surface area contributed by atoms with Gasteiger partial charge in [-0.1, -0.05) is 42.1 Å². The van der Waals surface area contributed by atoms with Crippen LogP contribution in [0.1, 0.15) is 23.7 Å². The summed E-state index contributed by atoms with van der Waals surface area (Å²) < 4.78 is 5.33. The Hall–Kier alpha value is -2.02. The lowest BCUT2D eigenvalue weighted by molar-refractivity contribution is 0.0945. The first kappa shape index (κ1) is 20.7. The van der Waals surface area contributed by atoms with Crippen LogP contribution in [0, 0.1) is 0 Å². The Morgan fingerprint density at radius 1 is 1.11 bits per heavy atom. The molecular weight excluding hydrogens is 388 g/mol. The van der Waals surface area contributed by atoms with Gasteiger partial charge in [0, 0.05) is 34.9 Å². The molecule has 1 amide bonds. The van der Waals surface area contributed by atoms with E-state index in [1.807, 2.05) is 49.4 Å². The second-order valence-electron chi connectivity index (χ2n) is 6.08. The first-order valence-corrected chi connectivity index (χ1v) is 11.3. The second-order valence-corrected chi connectivity index (χ2v) is 7.99. The molecule has 0 aliphatic heterocycles. The van der Waals surface area contributed by atoms with Crippen molar-refractivity contribution in [2.24, 2.45) is 0 Å². The van der Waals surface area contributed by atoms with E-state index < -0.39 is 0 Å². The number of nitrogens with one attached hydrogen (secondary N) is 1. The van der Waals surface area contributed by atoms with Gasteiger partial charge in [-0.05, 0) is 43.9 Å². The number of carbonyl (C=O) groups excluding carboxylic acids is 1. The molecule has 1 N–H and O–H groups in total. The van der Waals surface area contributed by atoms with E-state index in [2.05, 4.69) is 23.7 Å². The molecule has 0 fully saturated rings. The number of hydrogen-bond donors (Lipinski definition) is 1. The number of thioether (sulfide) groups is 1. The average Bonchev–Trinajstić information content (AvgIpc) is 2.73. The van der Waals surface area contributed by atoms with Crippen molar-refractivity contribution in [2.75, 3.05) is 26.0 Å². The van der Waals surface area contributed by atoms with Crippen LogP contribution < -0.4 is 5.32 Å². The smallest absolute Gasteiger partial charge is 0.252 e. The zero-order chi connectivity index (χ0) is 19.8. The van der Waals surface area contributed by atoms with Gasteiger partial charge in [0.25, 0.3) is 5.91 Å². The molecule has 3 rings (SSSR count). The van der Waals surface area contributed by atoms with Crippen molar-refractivity contribution in [3.63, 3.8) is 0 Å². The van der Waals surface area contributed by atoms with Gasteiger partial charge in [-0.2, -0.15) is 0 Å². The van der Waals surface area contributed by atoms with Gasteiger partial charge in [0.15, 0.2) is 0 Å². The largest absolute Gasteiger partial charge is 0.382 e. The van der Waals surface area contributed by atoms with Crippen molar-refractivity contribution < 1.29 is 9.53 Å². The van der Waals surface area contributed by atoms with Crippen LogP contribution in [-0.4, -0.2) is 36.9 Å². The number of pyridine rings is 1. The molecule has 0 spiro atoms. The van der Waals surface area contributed by atoms with Gasteiger partial charge >= 0.3 is 0 Å². The summed E-state index contributed by atoms with van der Waals surface area (Å²) in [7, 11) is 0. The highest BCUT2D eigenvalue weighted by atomic mass is 32.2. The van der Waals surface area contributed by atoms with E-state index >= 15 is 0 Å². The van der Waals surface area contributed by atoms with E-state index in [4.69, 9.17) is 9.72 Å². The lowest BCUT2D eigenvalue weighted by Gasteiger charge is -2.11. The van der Waals surface area contributed by atoms with E-state index in [0.717, 1.165) is 27.2 Å². The van der Waals surface area contributed by atoms with Crippen LogP contribution in [0.5, 0.6) is 0 Å². The van der Waals surface area contributed by atoms with Gasteiger partial charge in [0.2, 0.25) is 0 Å². The van der Waals surface area contributed by atoms with Crippen molar-refractivity contribution >= 4 is 40.3 Å². The van der Waals surface area contributed by atoms with Crippen molar-refractivity contribution in [3.05, 3.63) is 60.2 Å². The quantitative estimate of drug-likeness (QED) is 0.383.